The van der Waals surface area contributed by atoms with Gasteiger partial charge in [-0.3, -0.25) is 16.0 Å². The molecule has 1 aromatic heterocycles. The fraction of sp³-hybridized carbons (Fsp3) is 0.700. The highest BCUT2D eigenvalue weighted by atomic mass is 16.5. The Balaban J connectivity index is 2.86. The number of hydrogen-bond acceptors (Lipinski definition) is 4. The molecule has 15 heavy (non-hydrogen) atoms. The maximum atomic E-state index is 5.56. The van der Waals surface area contributed by atoms with Gasteiger partial charge in [0.15, 0.2) is 0 Å². The van der Waals surface area contributed by atoms with E-state index in [2.05, 4.69) is 24.4 Å². The van der Waals surface area contributed by atoms with E-state index in [4.69, 9.17) is 10.6 Å². The van der Waals surface area contributed by atoms with Crippen molar-refractivity contribution in [1.82, 2.24) is 15.2 Å². The van der Waals surface area contributed by atoms with Crippen LogP contribution < -0.4 is 11.3 Å². The third kappa shape index (κ3) is 2.77. The third-order valence-electron chi connectivity index (χ3n) is 2.52. The van der Waals surface area contributed by atoms with Crippen LogP contribution in [-0.2, 0) is 11.8 Å². The Hall–Kier alpha value is -0.910. The van der Waals surface area contributed by atoms with E-state index in [0.717, 1.165) is 5.56 Å². The molecular weight excluding hydrogens is 192 g/mol. The standard InChI is InChI=1S/C10H20N4O/c1-7(2)10(15-4)9(13-11)8-5-12-14(3)6-8/h5-7,9-10,13H,11H2,1-4H3. The maximum absolute atomic E-state index is 5.56. The number of methoxy groups -OCH3 is 1. The molecule has 3 N–H and O–H groups in total. The van der Waals surface area contributed by atoms with E-state index in [1.165, 1.54) is 0 Å². The molecule has 0 aliphatic heterocycles. The molecule has 2 atom stereocenters. The molecule has 5 nitrogen and oxygen atoms in total. The van der Waals surface area contributed by atoms with Crippen LogP contribution in [0.15, 0.2) is 12.4 Å². The Morgan fingerprint density at radius 1 is 1.53 bits per heavy atom. The van der Waals surface area contributed by atoms with Crippen LogP contribution >= 0.6 is 0 Å². The van der Waals surface area contributed by atoms with Gasteiger partial charge in [0.05, 0.1) is 18.3 Å². The summed E-state index contributed by atoms with van der Waals surface area (Å²) < 4.78 is 7.21. The summed E-state index contributed by atoms with van der Waals surface area (Å²) in [6.45, 7) is 4.21. The van der Waals surface area contributed by atoms with E-state index in [1.54, 1.807) is 18.0 Å². The minimum absolute atomic E-state index is 0.0244. The molecular formula is C10H20N4O. The first-order valence-electron chi connectivity index (χ1n) is 5.07. The van der Waals surface area contributed by atoms with Crippen LogP contribution in [-0.4, -0.2) is 23.0 Å². The number of rotatable bonds is 5. The van der Waals surface area contributed by atoms with Gasteiger partial charge >= 0.3 is 0 Å². The monoisotopic (exact) mass is 212 g/mol. The molecule has 0 saturated heterocycles. The van der Waals surface area contributed by atoms with Crippen LogP contribution in [0.25, 0.3) is 0 Å². The van der Waals surface area contributed by atoms with Gasteiger partial charge in [0.2, 0.25) is 0 Å². The predicted octanol–water partition coefficient (Wildman–Crippen LogP) is 0.596. The molecule has 0 aromatic carbocycles. The van der Waals surface area contributed by atoms with Crippen LogP contribution in [0, 0.1) is 5.92 Å². The highest BCUT2D eigenvalue weighted by Gasteiger charge is 2.25. The van der Waals surface area contributed by atoms with Gasteiger partial charge in [0.25, 0.3) is 0 Å². The first-order chi connectivity index (χ1) is 7.10. The van der Waals surface area contributed by atoms with Crippen LogP contribution in [0.5, 0.6) is 0 Å². The van der Waals surface area contributed by atoms with E-state index in [-0.39, 0.29) is 12.1 Å². The summed E-state index contributed by atoms with van der Waals surface area (Å²) in [5, 5.41) is 4.13. The van der Waals surface area contributed by atoms with Gasteiger partial charge in [-0.1, -0.05) is 13.8 Å². The van der Waals surface area contributed by atoms with E-state index in [9.17, 15) is 0 Å². The smallest absolute Gasteiger partial charge is 0.0802 e. The van der Waals surface area contributed by atoms with Crippen molar-refractivity contribution in [3.63, 3.8) is 0 Å². The summed E-state index contributed by atoms with van der Waals surface area (Å²) in [6.07, 6.45) is 3.79. The molecule has 0 fully saturated rings. The average molecular weight is 212 g/mol. The van der Waals surface area contributed by atoms with Crippen molar-refractivity contribution < 1.29 is 4.74 Å². The quantitative estimate of drug-likeness (QED) is 0.554. The number of hydrogen-bond donors (Lipinski definition) is 2. The number of nitrogens with one attached hydrogen (secondary N) is 1. The van der Waals surface area contributed by atoms with Crippen molar-refractivity contribution in [2.24, 2.45) is 18.8 Å². The van der Waals surface area contributed by atoms with Crippen LogP contribution in [0.3, 0.4) is 0 Å². The van der Waals surface area contributed by atoms with Crippen LogP contribution in [0.1, 0.15) is 25.5 Å². The second-order valence-electron chi connectivity index (χ2n) is 4.04. The molecule has 0 spiro atoms. The summed E-state index contributed by atoms with van der Waals surface area (Å²) in [6, 6.07) is -0.0244. The average Bonchev–Trinajstić information content (AvgIpc) is 2.60. The zero-order chi connectivity index (χ0) is 11.4. The number of ether oxygens (including phenoxy) is 1. The SMILES string of the molecule is COC(C(C)C)C(NN)c1cnn(C)c1. The Morgan fingerprint density at radius 3 is 2.53 bits per heavy atom. The molecule has 2 unspecified atom stereocenters. The molecule has 0 saturated carbocycles. The number of aryl methyl sites for hydroxylation is 1. The first-order valence-corrected chi connectivity index (χ1v) is 5.07. The van der Waals surface area contributed by atoms with E-state index >= 15 is 0 Å². The third-order valence-corrected chi connectivity index (χ3v) is 2.52. The summed E-state index contributed by atoms with van der Waals surface area (Å²) in [5.74, 6) is 5.95. The maximum Gasteiger partial charge on any atom is 0.0802 e. The topological polar surface area (TPSA) is 65.1 Å². The van der Waals surface area contributed by atoms with Crippen molar-refractivity contribution in [3.05, 3.63) is 18.0 Å². The van der Waals surface area contributed by atoms with E-state index < -0.39 is 0 Å². The molecule has 0 aliphatic carbocycles. The fourth-order valence-electron chi connectivity index (χ4n) is 1.77. The van der Waals surface area contributed by atoms with Gasteiger partial charge < -0.3 is 4.74 Å². The molecule has 1 heterocycles. The van der Waals surface area contributed by atoms with E-state index in [0.29, 0.717) is 5.92 Å². The van der Waals surface area contributed by atoms with Crippen molar-refractivity contribution in [2.45, 2.75) is 26.0 Å². The summed E-state index contributed by atoms with van der Waals surface area (Å²) in [5.41, 5.74) is 3.83. The summed E-state index contributed by atoms with van der Waals surface area (Å²) >= 11 is 0. The lowest BCUT2D eigenvalue weighted by Crippen LogP contribution is -2.40. The number of nitrogens with two attached hydrogens (primary N) is 1. The van der Waals surface area contributed by atoms with Crippen molar-refractivity contribution >= 4 is 0 Å². The first kappa shape index (κ1) is 12.2. The molecule has 0 amide bonds. The van der Waals surface area contributed by atoms with Crippen molar-refractivity contribution in [1.29, 1.82) is 0 Å². The Bertz CT molecular complexity index is 297. The Morgan fingerprint density at radius 2 is 2.20 bits per heavy atom. The lowest BCUT2D eigenvalue weighted by atomic mass is 9.96. The van der Waals surface area contributed by atoms with Crippen LogP contribution in [0.4, 0.5) is 0 Å². The highest BCUT2D eigenvalue weighted by Crippen LogP contribution is 2.22. The van der Waals surface area contributed by atoms with Gasteiger partial charge in [-0.2, -0.15) is 5.10 Å². The predicted molar refractivity (Wildman–Crippen MR) is 58.9 cm³/mol. The van der Waals surface area contributed by atoms with Gasteiger partial charge in [0, 0.05) is 25.9 Å². The largest absolute Gasteiger partial charge is 0.379 e. The molecule has 5 heteroatoms. The fourth-order valence-corrected chi connectivity index (χ4v) is 1.77. The van der Waals surface area contributed by atoms with Crippen molar-refractivity contribution in [2.75, 3.05) is 7.11 Å². The summed E-state index contributed by atoms with van der Waals surface area (Å²) in [7, 11) is 3.58. The lowest BCUT2D eigenvalue weighted by molar-refractivity contribution is 0.0326. The molecule has 1 rings (SSSR count). The van der Waals surface area contributed by atoms with Gasteiger partial charge in [-0.05, 0) is 5.92 Å². The minimum atomic E-state index is -0.0244. The zero-order valence-corrected chi connectivity index (χ0v) is 9.77. The minimum Gasteiger partial charge on any atom is -0.379 e. The molecule has 86 valence electrons. The number of nitrogens with zero attached hydrogens (tertiary/aromatic N) is 2. The number of hydrazine groups is 1. The van der Waals surface area contributed by atoms with Gasteiger partial charge in [0.1, 0.15) is 0 Å². The van der Waals surface area contributed by atoms with Gasteiger partial charge in [-0.25, -0.2) is 0 Å². The second kappa shape index (κ2) is 5.25. The Kier molecular flexibility index (Phi) is 4.26. The molecule has 0 aliphatic rings. The number of aromatic nitrogens is 2. The normalized spacial score (nSPS) is 15.6. The zero-order valence-electron chi connectivity index (χ0n) is 9.77. The second-order valence-corrected chi connectivity index (χ2v) is 4.04. The lowest BCUT2D eigenvalue weighted by Gasteiger charge is -2.27. The van der Waals surface area contributed by atoms with Crippen molar-refractivity contribution in [3.8, 4) is 0 Å². The molecule has 0 bridgehead atoms. The van der Waals surface area contributed by atoms with E-state index in [1.807, 2.05) is 13.2 Å². The van der Waals surface area contributed by atoms with Crippen LogP contribution in [0.2, 0.25) is 0 Å². The Labute approximate surface area is 90.6 Å². The van der Waals surface area contributed by atoms with Gasteiger partial charge in [-0.15, -0.1) is 0 Å². The molecule has 0 radical (unpaired) electrons. The summed E-state index contributed by atoms with van der Waals surface area (Å²) in [4.78, 5) is 0. The molecule has 1 aromatic rings. The highest BCUT2D eigenvalue weighted by molar-refractivity contribution is 5.12.